The van der Waals surface area contributed by atoms with Crippen LogP contribution in [0.1, 0.15) is 9.75 Å². The number of rotatable bonds is 6. The van der Waals surface area contributed by atoms with Crippen LogP contribution in [0, 0.1) is 0 Å². The van der Waals surface area contributed by atoms with E-state index in [1.54, 1.807) is 11.3 Å². The number of halogens is 2. The van der Waals surface area contributed by atoms with Gasteiger partial charge in [-0.05, 0) is 59.7 Å². The van der Waals surface area contributed by atoms with Crippen molar-refractivity contribution in [2.24, 2.45) is 0 Å². The largest absolute Gasteiger partial charge is 0.481 e. The maximum Gasteiger partial charge on any atom is 0.308 e. The molecule has 1 N–H and O–H groups in total. The molecule has 0 unspecified atom stereocenters. The van der Waals surface area contributed by atoms with Crippen LogP contribution in [0.4, 0.5) is 0 Å². The Morgan fingerprint density at radius 2 is 1.16 bits per heavy atom. The van der Waals surface area contributed by atoms with Crippen molar-refractivity contribution < 1.29 is 14.7 Å². The van der Waals surface area contributed by atoms with Crippen molar-refractivity contribution in [1.29, 1.82) is 0 Å². The molecular weight excluding hydrogens is 565 g/mol. The topological polar surface area (TPSA) is 57.6 Å². The van der Waals surface area contributed by atoms with Gasteiger partial charge in [0.2, 0.25) is 5.91 Å². The lowest BCUT2D eigenvalue weighted by molar-refractivity contribution is -0.136. The first-order valence-corrected chi connectivity index (χ1v) is 15.2. The number of aliphatic carboxylic acids is 1. The summed E-state index contributed by atoms with van der Waals surface area (Å²) in [5.74, 6) is 1.57. The Morgan fingerprint density at radius 3 is 1.62 bits per heavy atom. The Kier molecular flexibility index (Phi) is 10.1. The van der Waals surface area contributed by atoms with Gasteiger partial charge in [-0.15, -0.1) is 22.7 Å². The van der Waals surface area contributed by atoms with Crippen molar-refractivity contribution in [3.05, 3.63) is 92.6 Å². The highest BCUT2D eigenvalue weighted by molar-refractivity contribution is 7.99. The molecule has 37 heavy (non-hydrogen) atoms. The number of hydrogen-bond donors (Lipinski definition) is 1. The van der Waals surface area contributed by atoms with E-state index >= 15 is 0 Å². The van der Waals surface area contributed by atoms with E-state index in [0.717, 1.165) is 55.4 Å². The predicted octanol–water partition coefficient (Wildman–Crippen LogP) is 7.88. The predicted molar refractivity (Wildman–Crippen MR) is 158 cm³/mol. The maximum atomic E-state index is 12.3. The standard InChI is InChI=1S/C16H16ClNOS2.C12H9ClO2S/c17-13-3-1-12(2-4-13)15-6-5-14(21-15)11-16(19)18-7-9-20-10-8-18;13-9-3-1-8(2-4-9)11-6-5-10(16-11)7-12(14)15/h1-6H,7-11H2;1-6H,7H2,(H,14,15). The minimum absolute atomic E-state index is 0.0816. The Labute approximate surface area is 238 Å². The molecule has 4 nitrogen and oxygen atoms in total. The van der Waals surface area contributed by atoms with Crippen LogP contribution in [0.5, 0.6) is 0 Å². The second kappa shape index (κ2) is 13.5. The number of carbonyl (C=O) groups is 2. The Hall–Kier alpha value is -2.29. The van der Waals surface area contributed by atoms with E-state index in [-0.39, 0.29) is 12.3 Å². The van der Waals surface area contributed by atoms with Gasteiger partial charge in [0.15, 0.2) is 0 Å². The van der Waals surface area contributed by atoms with E-state index in [9.17, 15) is 9.59 Å². The summed E-state index contributed by atoms with van der Waals surface area (Å²) in [6.45, 7) is 1.78. The molecule has 2 aromatic carbocycles. The smallest absolute Gasteiger partial charge is 0.308 e. The number of amides is 1. The van der Waals surface area contributed by atoms with E-state index in [4.69, 9.17) is 28.3 Å². The van der Waals surface area contributed by atoms with Crippen molar-refractivity contribution in [1.82, 2.24) is 4.90 Å². The third-order valence-corrected chi connectivity index (χ3v) is 9.31. The summed E-state index contributed by atoms with van der Waals surface area (Å²) in [6, 6.07) is 23.3. The fraction of sp³-hybridized carbons (Fsp3) is 0.214. The summed E-state index contributed by atoms with van der Waals surface area (Å²) < 4.78 is 0. The van der Waals surface area contributed by atoms with E-state index in [0.29, 0.717) is 11.4 Å². The highest BCUT2D eigenvalue weighted by Crippen LogP contribution is 2.30. The van der Waals surface area contributed by atoms with Gasteiger partial charge in [0.1, 0.15) is 0 Å². The van der Waals surface area contributed by atoms with Gasteiger partial charge in [-0.25, -0.2) is 0 Å². The Morgan fingerprint density at radius 1 is 0.703 bits per heavy atom. The third-order valence-electron chi connectivity index (χ3n) is 5.60. The van der Waals surface area contributed by atoms with Crippen molar-refractivity contribution in [3.63, 3.8) is 0 Å². The number of benzene rings is 2. The minimum Gasteiger partial charge on any atom is -0.481 e. The maximum absolute atomic E-state index is 12.3. The van der Waals surface area contributed by atoms with E-state index < -0.39 is 5.97 Å². The van der Waals surface area contributed by atoms with Crippen LogP contribution < -0.4 is 0 Å². The molecule has 0 spiro atoms. The van der Waals surface area contributed by atoms with Crippen LogP contribution in [0.25, 0.3) is 20.9 Å². The summed E-state index contributed by atoms with van der Waals surface area (Å²) in [5, 5.41) is 10.1. The summed E-state index contributed by atoms with van der Waals surface area (Å²) in [4.78, 5) is 29.0. The first-order valence-electron chi connectivity index (χ1n) is 11.6. The number of hydrogen-bond acceptors (Lipinski definition) is 5. The van der Waals surface area contributed by atoms with Crippen molar-refractivity contribution in [2.45, 2.75) is 12.8 Å². The van der Waals surface area contributed by atoms with Gasteiger partial charge in [0, 0.05) is 54.1 Å². The van der Waals surface area contributed by atoms with Crippen molar-refractivity contribution >= 4 is 69.5 Å². The van der Waals surface area contributed by atoms with Crippen LogP contribution in [0.15, 0.2) is 72.8 Å². The molecule has 4 aromatic rings. The zero-order chi connectivity index (χ0) is 26.2. The van der Waals surface area contributed by atoms with Gasteiger partial charge in [0.05, 0.1) is 12.8 Å². The Balaban J connectivity index is 0.000000180. The number of carboxylic acids is 1. The molecule has 0 radical (unpaired) electrons. The van der Waals surface area contributed by atoms with Crippen LogP contribution in [0.2, 0.25) is 10.0 Å². The molecule has 9 heteroatoms. The molecule has 0 aliphatic carbocycles. The van der Waals surface area contributed by atoms with Gasteiger partial charge >= 0.3 is 5.97 Å². The summed E-state index contributed by atoms with van der Waals surface area (Å²) in [6.07, 6.45) is 0.598. The first kappa shape index (κ1) is 27.7. The molecule has 192 valence electrons. The zero-order valence-corrected chi connectivity index (χ0v) is 23.8. The molecule has 1 amide bonds. The van der Waals surface area contributed by atoms with Gasteiger partial charge in [-0.1, -0.05) is 47.5 Å². The molecule has 0 saturated carbocycles. The van der Waals surface area contributed by atoms with Crippen LogP contribution >= 0.6 is 57.6 Å². The number of thiophene rings is 2. The summed E-state index contributed by atoms with van der Waals surface area (Å²) in [7, 11) is 0. The second-order valence-electron chi connectivity index (χ2n) is 8.29. The molecule has 0 atom stereocenters. The normalized spacial score (nSPS) is 13.1. The fourth-order valence-electron chi connectivity index (χ4n) is 3.71. The molecule has 5 rings (SSSR count). The zero-order valence-electron chi connectivity index (χ0n) is 19.9. The van der Waals surface area contributed by atoms with Gasteiger partial charge in [0.25, 0.3) is 0 Å². The summed E-state index contributed by atoms with van der Waals surface area (Å²) >= 11 is 16.8. The van der Waals surface area contributed by atoms with Gasteiger partial charge < -0.3 is 10.0 Å². The highest BCUT2D eigenvalue weighted by Gasteiger charge is 2.17. The van der Waals surface area contributed by atoms with E-state index in [2.05, 4.69) is 12.1 Å². The average molecular weight is 591 g/mol. The molecule has 1 aliphatic rings. The van der Waals surface area contributed by atoms with E-state index in [1.807, 2.05) is 77.3 Å². The van der Waals surface area contributed by atoms with Crippen LogP contribution in [-0.2, 0) is 22.4 Å². The third kappa shape index (κ3) is 8.35. The SMILES string of the molecule is O=C(Cc1ccc(-c2ccc(Cl)cc2)s1)N1CCSCC1.O=C(O)Cc1ccc(-c2ccc(Cl)cc2)s1. The summed E-state index contributed by atoms with van der Waals surface area (Å²) in [5.41, 5.74) is 2.21. The van der Waals surface area contributed by atoms with Gasteiger partial charge in [-0.2, -0.15) is 11.8 Å². The fourth-order valence-corrected chi connectivity index (χ4v) is 6.87. The van der Waals surface area contributed by atoms with Crippen LogP contribution in [0.3, 0.4) is 0 Å². The number of thioether (sulfide) groups is 1. The average Bonchev–Trinajstić information content (AvgIpc) is 3.55. The first-order chi connectivity index (χ1) is 17.9. The minimum atomic E-state index is -0.801. The second-order valence-corrected chi connectivity index (χ2v) is 12.7. The lowest BCUT2D eigenvalue weighted by Gasteiger charge is -2.26. The van der Waals surface area contributed by atoms with E-state index in [1.165, 1.54) is 16.2 Å². The molecular formula is C28H25Cl2NO3S3. The molecule has 0 bridgehead atoms. The lowest BCUT2D eigenvalue weighted by atomic mass is 10.2. The number of nitrogens with zero attached hydrogens (tertiary/aromatic N) is 1. The monoisotopic (exact) mass is 589 g/mol. The Bertz CT molecular complexity index is 1330. The molecule has 1 fully saturated rings. The van der Waals surface area contributed by atoms with Crippen molar-refractivity contribution in [3.8, 4) is 20.9 Å². The molecule has 2 aromatic heterocycles. The number of carbonyl (C=O) groups excluding carboxylic acids is 1. The molecule has 1 aliphatic heterocycles. The highest BCUT2D eigenvalue weighted by atomic mass is 35.5. The quantitative estimate of drug-likeness (QED) is 0.248. The van der Waals surface area contributed by atoms with Crippen LogP contribution in [-0.4, -0.2) is 46.5 Å². The lowest BCUT2D eigenvalue weighted by Crippen LogP contribution is -2.38. The van der Waals surface area contributed by atoms with Gasteiger partial charge in [-0.3, -0.25) is 9.59 Å². The molecule has 3 heterocycles. The molecule has 1 saturated heterocycles. The number of carboxylic acid groups (broad SMARTS) is 1. The van der Waals surface area contributed by atoms with Crippen molar-refractivity contribution in [2.75, 3.05) is 24.6 Å².